The maximum atomic E-state index is 5.92. The molecular formula is C16H26N2. The van der Waals surface area contributed by atoms with E-state index in [0.717, 1.165) is 13.0 Å². The van der Waals surface area contributed by atoms with Gasteiger partial charge in [-0.25, -0.2) is 0 Å². The number of likely N-dealkylation sites (N-methyl/N-ethyl adjacent to an activating group) is 1. The van der Waals surface area contributed by atoms with Crippen molar-refractivity contribution in [3.8, 4) is 0 Å². The van der Waals surface area contributed by atoms with E-state index in [2.05, 4.69) is 44.0 Å². The van der Waals surface area contributed by atoms with Crippen molar-refractivity contribution in [2.75, 3.05) is 13.6 Å². The Hall–Kier alpha value is -0.860. The second-order valence-electron chi connectivity index (χ2n) is 5.87. The van der Waals surface area contributed by atoms with Crippen LogP contribution in [0.5, 0.6) is 0 Å². The Kier molecular flexibility index (Phi) is 4.08. The van der Waals surface area contributed by atoms with Gasteiger partial charge in [0.2, 0.25) is 0 Å². The Morgan fingerprint density at radius 2 is 2.00 bits per heavy atom. The molecule has 0 aromatic heterocycles. The maximum Gasteiger partial charge on any atom is 0.0301 e. The van der Waals surface area contributed by atoms with Gasteiger partial charge in [-0.05, 0) is 56.3 Å². The number of rotatable bonds is 5. The van der Waals surface area contributed by atoms with Crippen molar-refractivity contribution < 1.29 is 0 Å². The van der Waals surface area contributed by atoms with Crippen LogP contribution >= 0.6 is 0 Å². The Labute approximate surface area is 111 Å². The lowest BCUT2D eigenvalue weighted by Gasteiger charge is -2.37. The highest BCUT2D eigenvalue weighted by molar-refractivity contribution is 5.35. The molecule has 0 amide bonds. The van der Waals surface area contributed by atoms with Crippen molar-refractivity contribution in [3.05, 3.63) is 34.9 Å². The molecule has 0 heterocycles. The third kappa shape index (κ3) is 2.60. The molecule has 1 aliphatic rings. The quantitative estimate of drug-likeness (QED) is 0.865. The largest absolute Gasteiger partial charge is 0.329 e. The van der Waals surface area contributed by atoms with Gasteiger partial charge >= 0.3 is 0 Å². The monoisotopic (exact) mass is 246 g/mol. The van der Waals surface area contributed by atoms with Gasteiger partial charge in [0.05, 0.1) is 0 Å². The topological polar surface area (TPSA) is 29.3 Å². The van der Waals surface area contributed by atoms with Gasteiger partial charge in [0.1, 0.15) is 0 Å². The van der Waals surface area contributed by atoms with Crippen LogP contribution in [0.25, 0.3) is 0 Å². The highest BCUT2D eigenvalue weighted by Crippen LogP contribution is 2.25. The van der Waals surface area contributed by atoms with Crippen LogP contribution < -0.4 is 5.73 Å². The van der Waals surface area contributed by atoms with E-state index in [-0.39, 0.29) is 5.54 Å². The second-order valence-corrected chi connectivity index (χ2v) is 5.87. The van der Waals surface area contributed by atoms with Crippen molar-refractivity contribution in [2.24, 2.45) is 5.73 Å². The molecule has 2 N–H and O–H groups in total. The summed E-state index contributed by atoms with van der Waals surface area (Å²) in [4.78, 5) is 2.39. The Morgan fingerprint density at radius 1 is 1.28 bits per heavy atom. The highest BCUT2D eigenvalue weighted by atomic mass is 15.2. The normalized spacial score (nSPS) is 17.8. The summed E-state index contributed by atoms with van der Waals surface area (Å²) in [5.74, 6) is 0. The number of hydrogen-bond donors (Lipinski definition) is 1. The van der Waals surface area contributed by atoms with Gasteiger partial charge in [0.15, 0.2) is 0 Å². The molecular weight excluding hydrogens is 220 g/mol. The molecule has 0 fully saturated rings. The van der Waals surface area contributed by atoms with Crippen LogP contribution in [-0.4, -0.2) is 24.0 Å². The Morgan fingerprint density at radius 3 is 2.67 bits per heavy atom. The Bertz CT molecular complexity index is 408. The number of fused-ring (bicyclic) bond motifs is 1. The average molecular weight is 246 g/mol. The standard InChI is InChI=1S/C16H26N2/c1-4-16(2,12-17)18(3)11-13-8-9-14-6-5-7-15(14)10-13/h8-10H,4-7,11-12,17H2,1-3H3. The molecule has 1 unspecified atom stereocenters. The molecule has 2 rings (SSSR count). The average Bonchev–Trinajstić information content (AvgIpc) is 2.85. The zero-order valence-electron chi connectivity index (χ0n) is 12.0. The predicted octanol–water partition coefficient (Wildman–Crippen LogP) is 2.73. The molecule has 1 aromatic carbocycles. The first kappa shape index (κ1) is 13.6. The van der Waals surface area contributed by atoms with E-state index in [9.17, 15) is 0 Å². The highest BCUT2D eigenvalue weighted by Gasteiger charge is 2.25. The van der Waals surface area contributed by atoms with Crippen LogP contribution in [0.4, 0.5) is 0 Å². The summed E-state index contributed by atoms with van der Waals surface area (Å²) in [6.07, 6.45) is 4.94. The molecule has 0 radical (unpaired) electrons. The first-order chi connectivity index (χ1) is 8.59. The summed E-state index contributed by atoms with van der Waals surface area (Å²) in [6.45, 7) is 6.17. The fourth-order valence-corrected chi connectivity index (χ4v) is 2.76. The smallest absolute Gasteiger partial charge is 0.0301 e. The molecule has 0 saturated carbocycles. The summed E-state index contributed by atoms with van der Waals surface area (Å²) in [5.41, 5.74) is 10.6. The molecule has 1 aromatic rings. The van der Waals surface area contributed by atoms with Crippen LogP contribution in [0.3, 0.4) is 0 Å². The zero-order chi connectivity index (χ0) is 13.2. The van der Waals surface area contributed by atoms with E-state index in [1.165, 1.54) is 24.8 Å². The molecule has 2 heteroatoms. The van der Waals surface area contributed by atoms with Crippen molar-refractivity contribution in [3.63, 3.8) is 0 Å². The molecule has 1 aliphatic carbocycles. The number of benzene rings is 1. The molecule has 100 valence electrons. The fraction of sp³-hybridized carbons (Fsp3) is 0.625. The first-order valence-electron chi connectivity index (χ1n) is 7.11. The van der Waals surface area contributed by atoms with E-state index < -0.39 is 0 Å². The third-order valence-electron chi connectivity index (χ3n) is 4.71. The van der Waals surface area contributed by atoms with Crippen LogP contribution in [0.15, 0.2) is 18.2 Å². The van der Waals surface area contributed by atoms with Crippen molar-refractivity contribution in [1.82, 2.24) is 4.90 Å². The molecule has 1 atom stereocenters. The molecule has 0 aliphatic heterocycles. The van der Waals surface area contributed by atoms with Crippen LogP contribution in [0.2, 0.25) is 0 Å². The van der Waals surface area contributed by atoms with E-state index in [0.29, 0.717) is 6.54 Å². The van der Waals surface area contributed by atoms with E-state index >= 15 is 0 Å². The summed E-state index contributed by atoms with van der Waals surface area (Å²) in [5, 5.41) is 0. The third-order valence-corrected chi connectivity index (χ3v) is 4.71. The van der Waals surface area contributed by atoms with Gasteiger partial charge in [-0.15, -0.1) is 0 Å². The van der Waals surface area contributed by atoms with Gasteiger partial charge in [-0.2, -0.15) is 0 Å². The lowest BCUT2D eigenvalue weighted by Crippen LogP contribution is -2.48. The second kappa shape index (κ2) is 5.41. The van der Waals surface area contributed by atoms with Crippen LogP contribution in [0, 0.1) is 0 Å². The van der Waals surface area contributed by atoms with Gasteiger partial charge in [0, 0.05) is 18.6 Å². The molecule has 0 bridgehead atoms. The van der Waals surface area contributed by atoms with Crippen LogP contribution in [0.1, 0.15) is 43.4 Å². The summed E-state index contributed by atoms with van der Waals surface area (Å²) < 4.78 is 0. The van der Waals surface area contributed by atoms with Crippen molar-refractivity contribution in [2.45, 2.75) is 51.6 Å². The molecule has 18 heavy (non-hydrogen) atoms. The van der Waals surface area contributed by atoms with Gasteiger partial charge in [-0.3, -0.25) is 4.90 Å². The minimum Gasteiger partial charge on any atom is -0.329 e. The molecule has 2 nitrogen and oxygen atoms in total. The SMILES string of the molecule is CCC(C)(CN)N(C)Cc1ccc2c(c1)CCC2. The number of nitrogens with two attached hydrogens (primary N) is 1. The molecule has 0 spiro atoms. The number of hydrogen-bond acceptors (Lipinski definition) is 2. The van der Waals surface area contributed by atoms with Crippen molar-refractivity contribution in [1.29, 1.82) is 0 Å². The van der Waals surface area contributed by atoms with Gasteiger partial charge in [-0.1, -0.05) is 25.1 Å². The summed E-state index contributed by atoms with van der Waals surface area (Å²) in [6, 6.07) is 7.00. The van der Waals surface area contributed by atoms with Gasteiger partial charge < -0.3 is 5.73 Å². The van der Waals surface area contributed by atoms with E-state index in [1.807, 2.05) is 0 Å². The van der Waals surface area contributed by atoms with Crippen molar-refractivity contribution >= 4 is 0 Å². The summed E-state index contributed by atoms with van der Waals surface area (Å²) >= 11 is 0. The minimum absolute atomic E-state index is 0.110. The Balaban J connectivity index is 2.09. The number of nitrogens with zero attached hydrogens (tertiary/aromatic N) is 1. The zero-order valence-corrected chi connectivity index (χ0v) is 12.0. The minimum atomic E-state index is 0.110. The predicted molar refractivity (Wildman–Crippen MR) is 77.7 cm³/mol. The van der Waals surface area contributed by atoms with E-state index in [4.69, 9.17) is 5.73 Å². The number of aryl methyl sites for hydroxylation is 2. The van der Waals surface area contributed by atoms with E-state index in [1.54, 1.807) is 11.1 Å². The van der Waals surface area contributed by atoms with Gasteiger partial charge in [0.25, 0.3) is 0 Å². The lowest BCUT2D eigenvalue weighted by atomic mass is 9.96. The van der Waals surface area contributed by atoms with Crippen LogP contribution in [-0.2, 0) is 19.4 Å². The lowest BCUT2D eigenvalue weighted by molar-refractivity contribution is 0.131. The summed E-state index contributed by atoms with van der Waals surface area (Å²) in [7, 11) is 2.18. The fourth-order valence-electron chi connectivity index (χ4n) is 2.76. The molecule has 0 saturated heterocycles. The maximum absolute atomic E-state index is 5.92. The first-order valence-corrected chi connectivity index (χ1v) is 7.11.